The summed E-state index contributed by atoms with van der Waals surface area (Å²) in [4.78, 5) is 24.6. The van der Waals surface area contributed by atoms with Crippen LogP contribution in [0.25, 0.3) is 0 Å². The molecule has 0 saturated heterocycles. The number of unbranched alkanes of at least 4 members (excludes halogenated alkanes) is 14. The molecule has 0 spiro atoms. The molecule has 5 nitrogen and oxygen atoms in total. The number of carbonyl (C=O) groups is 2. The normalized spacial score (nSPS) is 23.1. The van der Waals surface area contributed by atoms with E-state index in [1.54, 1.807) is 0 Å². The lowest BCUT2D eigenvalue weighted by Crippen LogP contribution is -2.48. The smallest absolute Gasteiger partial charge is 0.305 e. The molecular weight excluding hydrogens is 582 g/mol. The Morgan fingerprint density at radius 3 is 1.53 bits per heavy atom. The molecule has 4 fully saturated rings. The van der Waals surface area contributed by atoms with Crippen molar-refractivity contribution in [2.45, 2.75) is 200 Å². The average molecular weight is 660 g/mol. The first-order chi connectivity index (χ1) is 23.0. The summed E-state index contributed by atoms with van der Waals surface area (Å²) < 4.78 is 11.5. The summed E-state index contributed by atoms with van der Waals surface area (Å²) in [6.07, 6.45) is 35.3. The van der Waals surface area contributed by atoms with Crippen LogP contribution in [-0.2, 0) is 19.1 Å². The van der Waals surface area contributed by atoms with E-state index in [2.05, 4.69) is 19.2 Å². The fourth-order valence-corrected chi connectivity index (χ4v) is 9.56. The van der Waals surface area contributed by atoms with Gasteiger partial charge in [0.1, 0.15) is 0 Å². The van der Waals surface area contributed by atoms with Gasteiger partial charge in [-0.25, -0.2) is 0 Å². The summed E-state index contributed by atoms with van der Waals surface area (Å²) in [6.45, 7) is 8.05. The molecule has 1 N–H and O–H groups in total. The summed E-state index contributed by atoms with van der Waals surface area (Å²) in [5.41, 5.74) is 0.344. The van der Waals surface area contributed by atoms with Crippen molar-refractivity contribution in [1.82, 2.24) is 5.32 Å². The Balaban J connectivity index is 1.03. The van der Waals surface area contributed by atoms with Gasteiger partial charge in [0.2, 0.25) is 0 Å². The Hall–Kier alpha value is -1.10. The number of nitrogens with one attached hydrogen (secondary N) is 1. The summed E-state index contributed by atoms with van der Waals surface area (Å²) in [6, 6.07) is 0. The van der Waals surface area contributed by atoms with Crippen LogP contribution in [0.1, 0.15) is 200 Å². The van der Waals surface area contributed by atoms with Crippen molar-refractivity contribution < 1.29 is 19.1 Å². The lowest BCUT2D eigenvalue weighted by Gasteiger charge is -2.56. The van der Waals surface area contributed by atoms with Crippen molar-refractivity contribution in [3.8, 4) is 0 Å². The molecule has 0 unspecified atom stereocenters. The third-order valence-corrected chi connectivity index (χ3v) is 11.9. The van der Waals surface area contributed by atoms with Gasteiger partial charge >= 0.3 is 11.9 Å². The summed E-state index contributed by atoms with van der Waals surface area (Å²) >= 11 is 0. The first kappa shape index (κ1) is 40.3. The third kappa shape index (κ3) is 17.9. The Labute approximate surface area is 291 Å². The average Bonchev–Trinajstić information content (AvgIpc) is 3.05. The Kier molecular flexibility index (Phi) is 21.4. The maximum absolute atomic E-state index is 12.4. The first-order valence-corrected chi connectivity index (χ1v) is 21.0. The molecule has 4 aliphatic rings. The topological polar surface area (TPSA) is 64.6 Å². The molecule has 47 heavy (non-hydrogen) atoms. The second-order valence-electron chi connectivity index (χ2n) is 16.4. The van der Waals surface area contributed by atoms with Crippen molar-refractivity contribution in [2.75, 3.05) is 26.3 Å². The number of carbonyl (C=O) groups excluding carboxylic acids is 2. The molecular formula is C42H77NO4. The largest absolute Gasteiger partial charge is 0.466 e. The molecule has 0 atom stereocenters. The van der Waals surface area contributed by atoms with Crippen molar-refractivity contribution in [3.05, 3.63) is 0 Å². The van der Waals surface area contributed by atoms with Crippen molar-refractivity contribution in [3.63, 3.8) is 0 Å². The molecule has 4 saturated carbocycles. The highest BCUT2D eigenvalue weighted by atomic mass is 16.5. The summed E-state index contributed by atoms with van der Waals surface area (Å²) in [7, 11) is 0. The lowest BCUT2D eigenvalue weighted by atomic mass is 9.50. The molecule has 0 amide bonds. The third-order valence-electron chi connectivity index (χ3n) is 11.9. The molecule has 0 aromatic rings. The van der Waals surface area contributed by atoms with Gasteiger partial charge in [-0.05, 0) is 107 Å². The number of rotatable bonds is 31. The van der Waals surface area contributed by atoms with E-state index in [4.69, 9.17) is 9.47 Å². The number of hydrogen-bond donors (Lipinski definition) is 1. The van der Waals surface area contributed by atoms with Crippen LogP contribution in [0.3, 0.4) is 0 Å². The zero-order chi connectivity index (χ0) is 33.4. The molecule has 0 radical (unpaired) electrons. The molecule has 4 bridgehead atoms. The monoisotopic (exact) mass is 660 g/mol. The highest BCUT2D eigenvalue weighted by Gasteiger charge is 2.51. The molecule has 5 heteroatoms. The predicted molar refractivity (Wildman–Crippen MR) is 196 cm³/mol. The van der Waals surface area contributed by atoms with Gasteiger partial charge in [0, 0.05) is 18.3 Å². The van der Waals surface area contributed by atoms with E-state index >= 15 is 0 Å². The van der Waals surface area contributed by atoms with Gasteiger partial charge in [-0.15, -0.1) is 0 Å². The second-order valence-corrected chi connectivity index (χ2v) is 16.4. The number of hydrogen-bond acceptors (Lipinski definition) is 5. The van der Waals surface area contributed by atoms with E-state index in [0.29, 0.717) is 31.5 Å². The molecule has 0 aromatic heterocycles. The van der Waals surface area contributed by atoms with Gasteiger partial charge in [0.15, 0.2) is 0 Å². The van der Waals surface area contributed by atoms with Gasteiger partial charge in [0.25, 0.3) is 0 Å². The van der Waals surface area contributed by atoms with Gasteiger partial charge in [-0.1, -0.05) is 117 Å². The standard InChI is InChI=1S/C42H77NO4/c1-3-5-7-15-21-36(22-16-8-6-4-2)25-28-46-40(44)23-17-11-9-13-19-26-43-27-20-14-10-12-18-24-41(45)47-35-42-32-37-29-38(33-42)31-39(30-37)34-42/h36-39,43H,3-35H2,1-2H3. The van der Waals surface area contributed by atoms with Crippen LogP contribution in [0.4, 0.5) is 0 Å². The van der Waals surface area contributed by atoms with Crippen LogP contribution < -0.4 is 5.32 Å². The Bertz CT molecular complexity index is 765. The minimum atomic E-state index is 0.00905. The Morgan fingerprint density at radius 2 is 1.02 bits per heavy atom. The van der Waals surface area contributed by atoms with Gasteiger partial charge < -0.3 is 14.8 Å². The highest BCUT2D eigenvalue weighted by molar-refractivity contribution is 5.69. The lowest BCUT2D eigenvalue weighted by molar-refractivity contribution is -0.155. The van der Waals surface area contributed by atoms with Crippen LogP contribution in [0.2, 0.25) is 0 Å². The van der Waals surface area contributed by atoms with E-state index in [1.807, 2.05) is 0 Å². The Morgan fingerprint density at radius 1 is 0.574 bits per heavy atom. The van der Waals surface area contributed by atoms with Crippen LogP contribution >= 0.6 is 0 Å². The summed E-state index contributed by atoms with van der Waals surface area (Å²) in [5.74, 6) is 3.55. The van der Waals surface area contributed by atoms with E-state index < -0.39 is 0 Å². The quantitative estimate of drug-likeness (QED) is 0.0592. The van der Waals surface area contributed by atoms with Crippen LogP contribution in [0.15, 0.2) is 0 Å². The van der Waals surface area contributed by atoms with Crippen LogP contribution in [0, 0.1) is 29.1 Å². The molecule has 0 heterocycles. The predicted octanol–water partition coefficient (Wildman–Crippen LogP) is 11.5. The molecule has 4 rings (SSSR count). The van der Waals surface area contributed by atoms with Crippen molar-refractivity contribution in [1.29, 1.82) is 0 Å². The van der Waals surface area contributed by atoms with E-state index in [0.717, 1.165) is 68.9 Å². The minimum Gasteiger partial charge on any atom is -0.466 e. The minimum absolute atomic E-state index is 0.00905. The number of esters is 2. The summed E-state index contributed by atoms with van der Waals surface area (Å²) in [5, 5.41) is 3.60. The molecule has 0 aliphatic heterocycles. The van der Waals surface area contributed by atoms with E-state index in [1.165, 1.54) is 141 Å². The highest BCUT2D eigenvalue weighted by Crippen LogP contribution is 2.60. The molecule has 274 valence electrons. The van der Waals surface area contributed by atoms with Gasteiger partial charge in [-0.3, -0.25) is 9.59 Å². The fraction of sp³-hybridized carbons (Fsp3) is 0.952. The van der Waals surface area contributed by atoms with E-state index in [-0.39, 0.29) is 11.9 Å². The SMILES string of the molecule is CCCCCCC(CCCCCC)CCOC(=O)CCCCCCCNCCCCCCCC(=O)OCC12CC3CC(CC(C3)C1)C2. The maximum atomic E-state index is 12.4. The maximum Gasteiger partial charge on any atom is 0.305 e. The van der Waals surface area contributed by atoms with Crippen molar-refractivity contribution in [2.24, 2.45) is 29.1 Å². The molecule has 4 aliphatic carbocycles. The zero-order valence-electron chi connectivity index (χ0n) is 31.3. The fourth-order valence-electron chi connectivity index (χ4n) is 9.56. The van der Waals surface area contributed by atoms with Gasteiger partial charge in [-0.2, -0.15) is 0 Å². The second kappa shape index (κ2) is 24.9. The molecule has 0 aromatic carbocycles. The van der Waals surface area contributed by atoms with Crippen molar-refractivity contribution >= 4 is 11.9 Å². The first-order valence-electron chi connectivity index (χ1n) is 21.0. The van der Waals surface area contributed by atoms with Crippen LogP contribution in [0.5, 0.6) is 0 Å². The zero-order valence-corrected chi connectivity index (χ0v) is 31.3. The van der Waals surface area contributed by atoms with E-state index in [9.17, 15) is 9.59 Å². The number of ether oxygens (including phenoxy) is 2. The van der Waals surface area contributed by atoms with Crippen LogP contribution in [-0.4, -0.2) is 38.2 Å². The van der Waals surface area contributed by atoms with Gasteiger partial charge in [0.05, 0.1) is 13.2 Å².